The van der Waals surface area contributed by atoms with Gasteiger partial charge in [-0.05, 0) is 38.7 Å². The van der Waals surface area contributed by atoms with Gasteiger partial charge in [0.2, 0.25) is 11.8 Å². The molecule has 2 aliphatic rings. The molecule has 1 saturated carbocycles. The molecule has 0 radical (unpaired) electrons. The fourth-order valence-electron chi connectivity index (χ4n) is 4.89. The Labute approximate surface area is 174 Å². The largest absolute Gasteiger partial charge is 0.384 e. The highest BCUT2D eigenvalue weighted by atomic mass is 16.3. The number of aliphatic hydroxyl groups is 1. The van der Waals surface area contributed by atoms with Gasteiger partial charge in [0.05, 0.1) is 5.60 Å². The molecule has 1 aliphatic carbocycles. The van der Waals surface area contributed by atoms with Crippen LogP contribution in [0, 0.1) is 18.3 Å². The highest BCUT2D eigenvalue weighted by Gasteiger charge is 2.49. The summed E-state index contributed by atoms with van der Waals surface area (Å²) in [4.78, 5) is 27.0. The Morgan fingerprint density at radius 2 is 1.83 bits per heavy atom. The van der Waals surface area contributed by atoms with Crippen LogP contribution in [0.25, 0.3) is 0 Å². The van der Waals surface area contributed by atoms with Gasteiger partial charge in [-0.2, -0.15) is 0 Å². The van der Waals surface area contributed by atoms with E-state index in [4.69, 9.17) is 0 Å². The lowest BCUT2D eigenvalue weighted by Gasteiger charge is -2.50. The number of rotatable bonds is 5. The molecule has 1 aromatic carbocycles. The van der Waals surface area contributed by atoms with Gasteiger partial charge in [-0.25, -0.2) is 0 Å². The molecule has 160 valence electrons. The number of carbonyl (C=O) groups excluding carboxylic acids is 2. The van der Waals surface area contributed by atoms with E-state index in [0.717, 1.165) is 36.8 Å². The topological polar surface area (TPSA) is 69.6 Å². The second-order valence-corrected chi connectivity index (χ2v) is 9.77. The molecule has 2 fully saturated rings. The number of likely N-dealkylation sites (tertiary alicyclic amines) is 1. The SMILES string of the molecule is Cc1ccc([C@@]2(O)CCN(C(=O)C[C@@H](C)NC(=O)C3CCCC3)CC2(C)C)cc1. The van der Waals surface area contributed by atoms with E-state index in [1.54, 1.807) is 0 Å². The summed E-state index contributed by atoms with van der Waals surface area (Å²) >= 11 is 0. The first-order valence-corrected chi connectivity index (χ1v) is 11.0. The lowest BCUT2D eigenvalue weighted by atomic mass is 9.66. The lowest BCUT2D eigenvalue weighted by molar-refractivity contribution is -0.153. The molecular weight excluding hydrogens is 364 g/mol. The maximum atomic E-state index is 12.9. The van der Waals surface area contributed by atoms with E-state index in [-0.39, 0.29) is 23.8 Å². The zero-order valence-electron chi connectivity index (χ0n) is 18.3. The third-order valence-electron chi connectivity index (χ3n) is 6.93. The first kappa shape index (κ1) is 21.8. The fraction of sp³-hybridized carbons (Fsp3) is 0.667. The summed E-state index contributed by atoms with van der Waals surface area (Å²) in [5.41, 5.74) is 0.653. The van der Waals surface area contributed by atoms with Crippen molar-refractivity contribution in [1.29, 1.82) is 0 Å². The average Bonchev–Trinajstić information content (AvgIpc) is 3.19. The van der Waals surface area contributed by atoms with E-state index in [1.165, 1.54) is 0 Å². The van der Waals surface area contributed by atoms with E-state index in [1.807, 2.05) is 56.9 Å². The fourth-order valence-corrected chi connectivity index (χ4v) is 4.89. The Kier molecular flexibility index (Phi) is 6.37. The van der Waals surface area contributed by atoms with Crippen molar-refractivity contribution < 1.29 is 14.7 Å². The number of amides is 2. The van der Waals surface area contributed by atoms with Crippen molar-refractivity contribution in [3.63, 3.8) is 0 Å². The summed E-state index contributed by atoms with van der Waals surface area (Å²) in [5, 5.41) is 14.5. The van der Waals surface area contributed by atoms with E-state index in [9.17, 15) is 14.7 Å². The third kappa shape index (κ3) is 4.66. The smallest absolute Gasteiger partial charge is 0.224 e. The molecule has 0 unspecified atom stereocenters. The molecule has 2 amide bonds. The third-order valence-corrected chi connectivity index (χ3v) is 6.93. The first-order valence-electron chi connectivity index (χ1n) is 11.0. The van der Waals surface area contributed by atoms with E-state index >= 15 is 0 Å². The summed E-state index contributed by atoms with van der Waals surface area (Å²) in [6.07, 6.45) is 4.99. The standard InChI is InChI=1S/C24H36N2O3/c1-17-9-11-20(12-10-17)24(29)13-14-26(16-23(24,3)4)21(27)15-18(2)25-22(28)19-7-5-6-8-19/h9-12,18-19,29H,5-8,13-16H2,1-4H3,(H,25,28)/t18-,24+/m1/s1. The first-order chi connectivity index (χ1) is 13.6. The highest BCUT2D eigenvalue weighted by molar-refractivity contribution is 5.81. The molecule has 1 heterocycles. The second-order valence-electron chi connectivity index (χ2n) is 9.77. The monoisotopic (exact) mass is 400 g/mol. The van der Waals surface area contributed by atoms with Gasteiger partial charge in [-0.3, -0.25) is 9.59 Å². The normalized spacial score (nSPS) is 25.6. The maximum absolute atomic E-state index is 12.9. The summed E-state index contributed by atoms with van der Waals surface area (Å²) in [7, 11) is 0. The molecule has 29 heavy (non-hydrogen) atoms. The van der Waals surface area contributed by atoms with Gasteiger partial charge in [-0.15, -0.1) is 0 Å². The molecule has 3 rings (SSSR count). The molecular formula is C24H36N2O3. The van der Waals surface area contributed by atoms with Crippen molar-refractivity contribution in [2.45, 2.75) is 77.9 Å². The van der Waals surface area contributed by atoms with Gasteiger partial charge < -0.3 is 15.3 Å². The molecule has 0 spiro atoms. The van der Waals surface area contributed by atoms with Crippen LogP contribution >= 0.6 is 0 Å². The van der Waals surface area contributed by atoms with Crippen molar-refractivity contribution in [3.8, 4) is 0 Å². The van der Waals surface area contributed by atoms with Crippen LogP contribution in [0.1, 0.15) is 70.4 Å². The van der Waals surface area contributed by atoms with Gasteiger partial charge in [0, 0.05) is 36.9 Å². The summed E-state index contributed by atoms with van der Waals surface area (Å²) in [5.74, 6) is 0.254. The van der Waals surface area contributed by atoms with Gasteiger partial charge in [-0.1, -0.05) is 56.5 Å². The Morgan fingerprint density at radius 1 is 1.21 bits per heavy atom. The molecule has 5 nitrogen and oxygen atoms in total. The predicted molar refractivity (Wildman–Crippen MR) is 114 cm³/mol. The molecule has 2 atom stereocenters. The van der Waals surface area contributed by atoms with Gasteiger partial charge in [0.1, 0.15) is 0 Å². The highest BCUT2D eigenvalue weighted by Crippen LogP contribution is 2.46. The zero-order valence-corrected chi connectivity index (χ0v) is 18.3. The Hall–Kier alpha value is -1.88. The van der Waals surface area contributed by atoms with Crippen LogP contribution in [-0.4, -0.2) is 41.0 Å². The predicted octanol–water partition coefficient (Wildman–Crippen LogP) is 3.53. The number of hydrogen-bond donors (Lipinski definition) is 2. The van der Waals surface area contributed by atoms with Gasteiger partial charge in [0.15, 0.2) is 0 Å². The number of carbonyl (C=O) groups is 2. The number of nitrogens with one attached hydrogen (secondary N) is 1. The number of hydrogen-bond acceptors (Lipinski definition) is 3. The van der Waals surface area contributed by atoms with Gasteiger partial charge in [0.25, 0.3) is 0 Å². The van der Waals surface area contributed by atoms with Crippen LogP contribution in [0.15, 0.2) is 24.3 Å². The molecule has 1 aromatic rings. The van der Waals surface area contributed by atoms with Crippen molar-refractivity contribution in [1.82, 2.24) is 10.2 Å². The number of benzene rings is 1. The Balaban J connectivity index is 1.59. The maximum Gasteiger partial charge on any atom is 0.224 e. The average molecular weight is 401 g/mol. The minimum atomic E-state index is -0.959. The van der Waals surface area contributed by atoms with Crippen LogP contribution in [0.4, 0.5) is 0 Å². The minimum absolute atomic E-state index is 0.0447. The zero-order chi connectivity index (χ0) is 21.2. The van der Waals surface area contributed by atoms with Crippen molar-refractivity contribution in [2.24, 2.45) is 11.3 Å². The van der Waals surface area contributed by atoms with E-state index < -0.39 is 11.0 Å². The van der Waals surface area contributed by atoms with Crippen LogP contribution in [0.2, 0.25) is 0 Å². The van der Waals surface area contributed by atoms with Crippen LogP contribution in [0.5, 0.6) is 0 Å². The Bertz CT molecular complexity index is 737. The van der Waals surface area contributed by atoms with Crippen LogP contribution < -0.4 is 5.32 Å². The van der Waals surface area contributed by atoms with Crippen molar-refractivity contribution in [2.75, 3.05) is 13.1 Å². The Morgan fingerprint density at radius 3 is 2.41 bits per heavy atom. The second kappa shape index (κ2) is 8.47. The molecule has 5 heteroatoms. The minimum Gasteiger partial charge on any atom is -0.384 e. The van der Waals surface area contributed by atoms with Gasteiger partial charge >= 0.3 is 0 Å². The molecule has 1 aliphatic heterocycles. The summed E-state index contributed by atoms with van der Waals surface area (Å²) in [6, 6.07) is 7.87. The van der Waals surface area contributed by atoms with Crippen molar-refractivity contribution in [3.05, 3.63) is 35.4 Å². The number of piperidine rings is 1. The van der Waals surface area contributed by atoms with Crippen LogP contribution in [0.3, 0.4) is 0 Å². The van der Waals surface area contributed by atoms with E-state index in [0.29, 0.717) is 25.9 Å². The number of nitrogens with zero attached hydrogens (tertiary/aromatic N) is 1. The molecule has 1 saturated heterocycles. The van der Waals surface area contributed by atoms with Crippen LogP contribution in [-0.2, 0) is 15.2 Å². The quantitative estimate of drug-likeness (QED) is 0.794. The molecule has 0 aromatic heterocycles. The van der Waals surface area contributed by atoms with E-state index in [2.05, 4.69) is 5.32 Å². The van der Waals surface area contributed by atoms with Crippen molar-refractivity contribution >= 4 is 11.8 Å². The molecule has 2 N–H and O–H groups in total. The molecule has 0 bridgehead atoms. The lowest BCUT2D eigenvalue weighted by Crippen LogP contribution is -2.57. The summed E-state index contributed by atoms with van der Waals surface area (Å²) < 4.78 is 0. The number of aryl methyl sites for hydroxylation is 1. The summed E-state index contributed by atoms with van der Waals surface area (Å²) in [6.45, 7) is 9.01.